The molecule has 0 aliphatic rings. The lowest BCUT2D eigenvalue weighted by Crippen LogP contribution is -2.07. The molecule has 0 heterocycles. The smallest absolute Gasteiger partial charge is 0.297 e. The van der Waals surface area contributed by atoms with Gasteiger partial charge in [0.25, 0.3) is 10.1 Å². The van der Waals surface area contributed by atoms with Crippen molar-refractivity contribution in [2.75, 3.05) is 7.11 Å². The van der Waals surface area contributed by atoms with Gasteiger partial charge >= 0.3 is 0 Å². The van der Waals surface area contributed by atoms with E-state index in [9.17, 15) is 13.2 Å². The third-order valence-electron chi connectivity index (χ3n) is 2.76. The summed E-state index contributed by atoms with van der Waals surface area (Å²) in [7, 11) is -2.83. The molecule has 0 bridgehead atoms. The van der Waals surface area contributed by atoms with Gasteiger partial charge < -0.3 is 0 Å². The van der Waals surface area contributed by atoms with E-state index in [1.165, 1.54) is 6.07 Å². The van der Waals surface area contributed by atoms with E-state index in [-0.39, 0.29) is 10.5 Å². The van der Waals surface area contributed by atoms with E-state index in [0.717, 1.165) is 12.7 Å². The molecule has 2 aromatic rings. The maximum atomic E-state index is 11.8. The van der Waals surface area contributed by atoms with Crippen molar-refractivity contribution in [2.45, 2.75) is 4.90 Å². The molecule has 0 aliphatic heterocycles. The first kappa shape index (κ1) is 13.5. The predicted molar refractivity (Wildman–Crippen MR) is 71.5 cm³/mol. The Morgan fingerprint density at radius 3 is 2.26 bits per heavy atom. The van der Waals surface area contributed by atoms with Crippen LogP contribution in [-0.4, -0.2) is 21.8 Å². The summed E-state index contributed by atoms with van der Waals surface area (Å²) in [6.45, 7) is 0. The van der Waals surface area contributed by atoms with Crippen molar-refractivity contribution in [3.8, 4) is 11.1 Å². The van der Waals surface area contributed by atoms with E-state index in [1.807, 2.05) is 30.3 Å². The summed E-state index contributed by atoms with van der Waals surface area (Å²) in [6.07, 6.45) is 0.536. The van der Waals surface area contributed by atoms with E-state index in [4.69, 9.17) is 0 Å². The number of hydrogen-bond acceptors (Lipinski definition) is 4. The molecule has 2 aromatic carbocycles. The number of carbonyl (C=O) groups is 1. The fraction of sp³-hybridized carbons (Fsp3) is 0.0714. The summed E-state index contributed by atoms with van der Waals surface area (Å²) in [4.78, 5) is 11.1. The van der Waals surface area contributed by atoms with Gasteiger partial charge in [0.05, 0.1) is 7.11 Å². The van der Waals surface area contributed by atoms with Gasteiger partial charge in [-0.25, -0.2) is 0 Å². The van der Waals surface area contributed by atoms with Gasteiger partial charge in [0.15, 0.2) is 6.29 Å². The maximum Gasteiger partial charge on any atom is 0.297 e. The fourth-order valence-electron chi connectivity index (χ4n) is 1.84. The number of hydrogen-bond donors (Lipinski definition) is 0. The summed E-state index contributed by atoms with van der Waals surface area (Å²) in [6, 6.07) is 13.8. The minimum atomic E-state index is -3.90. The molecule has 0 amide bonds. The monoisotopic (exact) mass is 276 g/mol. The average molecular weight is 276 g/mol. The van der Waals surface area contributed by atoms with Crippen LogP contribution in [0.15, 0.2) is 53.4 Å². The first-order valence-electron chi connectivity index (χ1n) is 5.54. The van der Waals surface area contributed by atoms with E-state index in [2.05, 4.69) is 4.18 Å². The first-order valence-corrected chi connectivity index (χ1v) is 6.95. The largest absolute Gasteiger partial charge is 0.298 e. The van der Waals surface area contributed by atoms with Gasteiger partial charge in [-0.1, -0.05) is 42.5 Å². The molecule has 0 aliphatic carbocycles. The third-order valence-corrected chi connectivity index (χ3v) is 4.09. The molecule has 0 N–H and O–H groups in total. The summed E-state index contributed by atoms with van der Waals surface area (Å²) < 4.78 is 28.0. The molecule has 98 valence electrons. The Kier molecular flexibility index (Phi) is 3.78. The Morgan fingerprint density at radius 1 is 1.00 bits per heavy atom. The van der Waals surface area contributed by atoms with Crippen molar-refractivity contribution in [3.05, 3.63) is 54.1 Å². The van der Waals surface area contributed by atoms with Crippen molar-refractivity contribution in [1.82, 2.24) is 0 Å². The van der Waals surface area contributed by atoms with Gasteiger partial charge in [0.2, 0.25) is 0 Å². The van der Waals surface area contributed by atoms with Crippen molar-refractivity contribution < 1.29 is 17.4 Å². The molecule has 2 rings (SSSR count). The summed E-state index contributed by atoms with van der Waals surface area (Å²) >= 11 is 0. The van der Waals surface area contributed by atoms with Crippen molar-refractivity contribution in [2.24, 2.45) is 0 Å². The summed E-state index contributed by atoms with van der Waals surface area (Å²) in [5, 5.41) is 0. The van der Waals surface area contributed by atoms with Crippen LogP contribution in [0.2, 0.25) is 0 Å². The van der Waals surface area contributed by atoms with Crippen LogP contribution in [0.3, 0.4) is 0 Å². The normalized spacial score (nSPS) is 11.2. The fourth-order valence-corrected chi connectivity index (χ4v) is 2.70. The Morgan fingerprint density at radius 2 is 1.68 bits per heavy atom. The Hall–Kier alpha value is -1.98. The SMILES string of the molecule is COS(=O)(=O)c1cccc(-c2ccccc2)c1C=O. The standard InChI is InChI=1S/C14H12O4S/c1-18-19(16,17)14-9-5-8-12(13(14)10-15)11-6-3-2-4-7-11/h2-10H,1H3. The van der Waals surface area contributed by atoms with Gasteiger partial charge in [0.1, 0.15) is 4.90 Å². The van der Waals surface area contributed by atoms with E-state index >= 15 is 0 Å². The Labute approximate surface area is 111 Å². The molecule has 19 heavy (non-hydrogen) atoms. The Balaban J connectivity index is 2.72. The van der Waals surface area contributed by atoms with Crippen LogP contribution in [0.25, 0.3) is 11.1 Å². The third kappa shape index (κ3) is 2.57. The second-order valence-electron chi connectivity index (χ2n) is 3.82. The van der Waals surface area contributed by atoms with Gasteiger partial charge in [-0.3, -0.25) is 8.98 Å². The van der Waals surface area contributed by atoms with Crippen LogP contribution in [0.1, 0.15) is 10.4 Å². The highest BCUT2D eigenvalue weighted by Gasteiger charge is 2.20. The average Bonchev–Trinajstić information content (AvgIpc) is 2.47. The molecule has 0 spiro atoms. The van der Waals surface area contributed by atoms with Crippen LogP contribution in [0.4, 0.5) is 0 Å². The van der Waals surface area contributed by atoms with Gasteiger partial charge in [-0.2, -0.15) is 8.42 Å². The van der Waals surface area contributed by atoms with Crippen molar-refractivity contribution in [3.63, 3.8) is 0 Å². The second-order valence-corrected chi connectivity index (χ2v) is 5.50. The molecule has 5 heteroatoms. The second kappa shape index (κ2) is 5.34. The van der Waals surface area contributed by atoms with Crippen molar-refractivity contribution >= 4 is 16.4 Å². The first-order chi connectivity index (χ1) is 9.10. The predicted octanol–water partition coefficient (Wildman–Crippen LogP) is 2.50. The molecule has 0 fully saturated rings. The van der Waals surface area contributed by atoms with Crippen LogP contribution >= 0.6 is 0 Å². The number of benzene rings is 2. The molecule has 0 unspecified atom stereocenters. The lowest BCUT2D eigenvalue weighted by atomic mass is 10.0. The van der Waals surface area contributed by atoms with E-state index < -0.39 is 10.1 Å². The molecule has 0 aromatic heterocycles. The zero-order valence-corrected chi connectivity index (χ0v) is 11.1. The van der Waals surface area contributed by atoms with E-state index in [0.29, 0.717) is 11.8 Å². The molecular weight excluding hydrogens is 264 g/mol. The maximum absolute atomic E-state index is 11.8. The molecule has 0 saturated heterocycles. The highest BCUT2D eigenvalue weighted by Crippen LogP contribution is 2.28. The van der Waals surface area contributed by atoms with Crippen LogP contribution in [0.5, 0.6) is 0 Å². The van der Waals surface area contributed by atoms with Crippen LogP contribution < -0.4 is 0 Å². The zero-order valence-electron chi connectivity index (χ0n) is 10.2. The van der Waals surface area contributed by atoms with Gasteiger partial charge in [-0.15, -0.1) is 0 Å². The number of aldehydes is 1. The molecular formula is C14H12O4S. The van der Waals surface area contributed by atoms with Crippen molar-refractivity contribution in [1.29, 1.82) is 0 Å². The van der Waals surface area contributed by atoms with E-state index in [1.54, 1.807) is 12.1 Å². The zero-order chi connectivity index (χ0) is 13.9. The lowest BCUT2D eigenvalue weighted by molar-refractivity contribution is 0.112. The van der Waals surface area contributed by atoms with Gasteiger partial charge in [-0.05, 0) is 17.2 Å². The molecule has 0 saturated carbocycles. The summed E-state index contributed by atoms with van der Waals surface area (Å²) in [5.41, 5.74) is 1.45. The van der Waals surface area contributed by atoms with Gasteiger partial charge in [0, 0.05) is 5.56 Å². The Bertz CT molecular complexity index is 691. The topological polar surface area (TPSA) is 60.4 Å². The highest BCUT2D eigenvalue weighted by molar-refractivity contribution is 7.86. The molecule has 4 nitrogen and oxygen atoms in total. The quantitative estimate of drug-likeness (QED) is 0.636. The minimum Gasteiger partial charge on any atom is -0.298 e. The number of carbonyl (C=O) groups excluding carboxylic acids is 1. The highest BCUT2D eigenvalue weighted by atomic mass is 32.2. The number of rotatable bonds is 4. The van der Waals surface area contributed by atoms with Crippen LogP contribution in [-0.2, 0) is 14.3 Å². The van der Waals surface area contributed by atoms with Crippen LogP contribution in [0, 0.1) is 0 Å². The lowest BCUT2D eigenvalue weighted by Gasteiger charge is -2.09. The molecule has 0 radical (unpaired) electrons. The molecule has 0 atom stereocenters. The summed E-state index contributed by atoms with van der Waals surface area (Å²) in [5.74, 6) is 0. The minimum absolute atomic E-state index is 0.107.